The number of benzene rings is 2. The van der Waals surface area contributed by atoms with Crippen molar-refractivity contribution >= 4 is 12.1 Å². The molecule has 1 heterocycles. The third-order valence-corrected chi connectivity index (χ3v) is 7.01. The number of carboxylic acid groups (broad SMARTS) is 1. The third kappa shape index (κ3) is 6.86. The van der Waals surface area contributed by atoms with Crippen molar-refractivity contribution in [3.05, 3.63) is 70.5 Å². The standard InChI is InChI=1S/C27H28F7NO5/c1-14(16-9-17(26(29,30)31)11-18(10-16)27(32,33)34)40-21-13-35(24(37)38)20(12-25(2,3)23(36)39-4)22(21)15-5-7-19(28)8-6-15/h5-11,14,20-22H,12-13H2,1-4H3,(H,37,38)/t14-,20+,21+,22+/m1/s1. The molecule has 6 nitrogen and oxygen atoms in total. The van der Waals surface area contributed by atoms with E-state index in [1.165, 1.54) is 26.2 Å². The average Bonchev–Trinajstić information content (AvgIpc) is 3.19. The lowest BCUT2D eigenvalue weighted by Gasteiger charge is -2.33. The summed E-state index contributed by atoms with van der Waals surface area (Å²) in [7, 11) is 1.17. The molecule has 1 N–H and O–H groups in total. The van der Waals surface area contributed by atoms with Crippen molar-refractivity contribution in [2.24, 2.45) is 5.41 Å². The fraction of sp³-hybridized carbons (Fsp3) is 0.481. The number of nitrogens with zero attached hydrogens (tertiary/aromatic N) is 1. The molecule has 0 unspecified atom stereocenters. The van der Waals surface area contributed by atoms with Crippen LogP contribution in [0, 0.1) is 11.2 Å². The first kappa shape index (κ1) is 31.2. The molecule has 1 aliphatic heterocycles. The number of alkyl halides is 6. The van der Waals surface area contributed by atoms with Gasteiger partial charge in [-0.1, -0.05) is 12.1 Å². The normalized spacial score (nSPS) is 20.9. The lowest BCUT2D eigenvalue weighted by molar-refractivity contribution is -0.152. The molecule has 13 heteroatoms. The maximum Gasteiger partial charge on any atom is 0.416 e. The summed E-state index contributed by atoms with van der Waals surface area (Å²) in [4.78, 5) is 25.6. The predicted molar refractivity (Wildman–Crippen MR) is 128 cm³/mol. The van der Waals surface area contributed by atoms with Crippen molar-refractivity contribution in [3.63, 3.8) is 0 Å². The van der Waals surface area contributed by atoms with Crippen LogP contribution >= 0.6 is 0 Å². The second-order valence-electron chi connectivity index (χ2n) is 10.3. The molecule has 0 spiro atoms. The highest BCUT2D eigenvalue weighted by Crippen LogP contribution is 2.44. The largest absolute Gasteiger partial charge is 0.469 e. The topological polar surface area (TPSA) is 76.1 Å². The van der Waals surface area contributed by atoms with Gasteiger partial charge in [0.25, 0.3) is 0 Å². The molecule has 220 valence electrons. The first-order valence-corrected chi connectivity index (χ1v) is 12.1. The third-order valence-electron chi connectivity index (χ3n) is 7.01. The highest BCUT2D eigenvalue weighted by molar-refractivity contribution is 5.76. The highest BCUT2D eigenvalue weighted by Gasteiger charge is 2.49. The van der Waals surface area contributed by atoms with Gasteiger partial charge >= 0.3 is 24.4 Å². The Bertz CT molecular complexity index is 1200. The molecule has 0 radical (unpaired) electrons. The summed E-state index contributed by atoms with van der Waals surface area (Å²) in [5.41, 5.74) is -4.22. The minimum Gasteiger partial charge on any atom is -0.469 e. The Labute approximate surface area is 225 Å². The van der Waals surface area contributed by atoms with Gasteiger partial charge in [0.05, 0.1) is 42.4 Å². The van der Waals surface area contributed by atoms with Gasteiger partial charge in [0, 0.05) is 12.0 Å². The molecule has 2 aromatic rings. The summed E-state index contributed by atoms with van der Waals surface area (Å²) in [6, 6.07) is 5.20. The number of ether oxygens (including phenoxy) is 2. The Balaban J connectivity index is 2.06. The van der Waals surface area contributed by atoms with Gasteiger partial charge < -0.3 is 19.5 Å². The SMILES string of the molecule is COC(=O)C(C)(C)C[C@H]1[C@H](c2ccc(F)cc2)[C@@H](O[C@H](C)c2cc(C(F)(F)F)cc(C(F)(F)F)c2)CN1C(=O)O. The summed E-state index contributed by atoms with van der Waals surface area (Å²) in [6.45, 7) is 4.03. The van der Waals surface area contributed by atoms with E-state index in [-0.39, 0.29) is 19.0 Å². The van der Waals surface area contributed by atoms with E-state index < -0.39 is 76.5 Å². The van der Waals surface area contributed by atoms with Crippen LogP contribution in [0.5, 0.6) is 0 Å². The first-order valence-electron chi connectivity index (χ1n) is 12.1. The average molecular weight is 580 g/mol. The van der Waals surface area contributed by atoms with Crippen LogP contribution < -0.4 is 0 Å². The molecule has 1 fully saturated rings. The van der Waals surface area contributed by atoms with E-state index in [1.54, 1.807) is 13.8 Å². The summed E-state index contributed by atoms with van der Waals surface area (Å²) in [5.74, 6) is -2.06. The second-order valence-corrected chi connectivity index (χ2v) is 10.3. The molecule has 1 aliphatic rings. The van der Waals surface area contributed by atoms with Gasteiger partial charge in [-0.3, -0.25) is 4.79 Å². The van der Waals surface area contributed by atoms with E-state index in [1.807, 2.05) is 0 Å². The number of methoxy groups -OCH3 is 1. The molecule has 0 aliphatic carbocycles. The van der Waals surface area contributed by atoms with Crippen molar-refractivity contribution < 1.29 is 54.9 Å². The van der Waals surface area contributed by atoms with Crippen molar-refractivity contribution in [2.45, 2.75) is 63.7 Å². The molecule has 4 atom stereocenters. The predicted octanol–water partition coefficient (Wildman–Crippen LogP) is 7.04. The zero-order chi connectivity index (χ0) is 30.2. The van der Waals surface area contributed by atoms with E-state index >= 15 is 0 Å². The van der Waals surface area contributed by atoms with Crippen LogP contribution in [0.25, 0.3) is 0 Å². The number of rotatable bonds is 7. The lowest BCUT2D eigenvalue weighted by atomic mass is 9.79. The fourth-order valence-electron chi connectivity index (χ4n) is 5.03. The van der Waals surface area contributed by atoms with E-state index in [0.29, 0.717) is 17.7 Å². The minimum absolute atomic E-state index is 0.00416. The Morgan fingerprint density at radius 2 is 1.52 bits per heavy atom. The molecule has 1 amide bonds. The van der Waals surface area contributed by atoms with Gasteiger partial charge in [-0.2, -0.15) is 26.3 Å². The monoisotopic (exact) mass is 579 g/mol. The number of carbonyl (C=O) groups is 2. The van der Waals surface area contributed by atoms with Crippen LogP contribution in [0.4, 0.5) is 35.5 Å². The first-order chi connectivity index (χ1) is 18.3. The van der Waals surface area contributed by atoms with Gasteiger partial charge in [-0.25, -0.2) is 9.18 Å². The van der Waals surface area contributed by atoms with Crippen LogP contribution in [0.3, 0.4) is 0 Å². The Kier molecular flexibility index (Phi) is 8.78. The lowest BCUT2D eigenvalue weighted by Crippen LogP contribution is -2.41. The van der Waals surface area contributed by atoms with Crippen LogP contribution in [0.1, 0.15) is 61.5 Å². The molecular formula is C27H28F7NO5. The molecule has 0 aromatic heterocycles. The van der Waals surface area contributed by atoms with Crippen molar-refractivity contribution in [3.8, 4) is 0 Å². The minimum atomic E-state index is -5.07. The zero-order valence-electron chi connectivity index (χ0n) is 21.9. The van der Waals surface area contributed by atoms with Gasteiger partial charge in [0.15, 0.2) is 0 Å². The smallest absolute Gasteiger partial charge is 0.416 e. The van der Waals surface area contributed by atoms with E-state index in [0.717, 1.165) is 17.0 Å². The summed E-state index contributed by atoms with van der Waals surface area (Å²) < 4.78 is 105. The molecule has 1 saturated heterocycles. The number of halogens is 7. The molecule has 0 bridgehead atoms. The number of esters is 1. The van der Waals surface area contributed by atoms with Crippen molar-refractivity contribution in [1.29, 1.82) is 0 Å². The van der Waals surface area contributed by atoms with Crippen LogP contribution in [-0.4, -0.2) is 47.9 Å². The fourth-order valence-corrected chi connectivity index (χ4v) is 5.03. The summed E-state index contributed by atoms with van der Waals surface area (Å²) >= 11 is 0. The van der Waals surface area contributed by atoms with Crippen molar-refractivity contribution in [1.82, 2.24) is 4.90 Å². The number of hydrogen-bond donors (Lipinski definition) is 1. The van der Waals surface area contributed by atoms with E-state index in [9.17, 15) is 45.4 Å². The Morgan fingerprint density at radius 1 is 1.00 bits per heavy atom. The Hall–Kier alpha value is -3.35. The summed E-state index contributed by atoms with van der Waals surface area (Å²) in [6.07, 6.45) is -14.0. The zero-order valence-corrected chi connectivity index (χ0v) is 21.9. The van der Waals surface area contributed by atoms with Crippen molar-refractivity contribution in [2.75, 3.05) is 13.7 Å². The van der Waals surface area contributed by atoms with Gasteiger partial charge in [-0.05, 0) is 68.7 Å². The number of carbonyl (C=O) groups excluding carboxylic acids is 1. The van der Waals surface area contributed by atoms with Gasteiger partial charge in [0.1, 0.15) is 5.82 Å². The van der Waals surface area contributed by atoms with Gasteiger partial charge in [0.2, 0.25) is 0 Å². The molecule has 2 aromatic carbocycles. The highest BCUT2D eigenvalue weighted by atomic mass is 19.4. The van der Waals surface area contributed by atoms with Crippen LogP contribution in [0.2, 0.25) is 0 Å². The molecule has 0 saturated carbocycles. The van der Waals surface area contributed by atoms with Crippen LogP contribution in [-0.2, 0) is 26.6 Å². The quantitative estimate of drug-likeness (QED) is 0.281. The summed E-state index contributed by atoms with van der Waals surface area (Å²) in [5, 5.41) is 9.95. The van der Waals surface area contributed by atoms with E-state index in [4.69, 9.17) is 9.47 Å². The Morgan fingerprint density at radius 3 is 1.98 bits per heavy atom. The van der Waals surface area contributed by atoms with Gasteiger partial charge in [-0.15, -0.1) is 0 Å². The number of amides is 1. The van der Waals surface area contributed by atoms with E-state index in [2.05, 4.69) is 0 Å². The number of hydrogen-bond acceptors (Lipinski definition) is 4. The molecule has 3 rings (SSSR count). The molecule has 40 heavy (non-hydrogen) atoms. The van der Waals surface area contributed by atoms with Crippen LogP contribution in [0.15, 0.2) is 42.5 Å². The molecular weight excluding hydrogens is 551 g/mol. The number of likely N-dealkylation sites (tertiary alicyclic amines) is 1. The second kappa shape index (κ2) is 11.3. The maximum absolute atomic E-state index is 13.7. The maximum atomic E-state index is 13.7.